The van der Waals surface area contributed by atoms with E-state index in [2.05, 4.69) is 4.90 Å². The summed E-state index contributed by atoms with van der Waals surface area (Å²) in [6, 6.07) is 11.2. The van der Waals surface area contributed by atoms with Crippen molar-refractivity contribution in [2.75, 3.05) is 19.7 Å². The van der Waals surface area contributed by atoms with E-state index >= 15 is 0 Å². The minimum atomic E-state index is -0.436. The number of nitrogens with zero attached hydrogens (tertiary/aromatic N) is 1. The number of morpholine rings is 1. The van der Waals surface area contributed by atoms with Crippen LogP contribution in [0.4, 0.5) is 4.39 Å². The Morgan fingerprint density at radius 2 is 2.00 bits per heavy atom. The highest BCUT2D eigenvalue weighted by molar-refractivity contribution is 5.84. The third-order valence-electron chi connectivity index (χ3n) is 5.00. The quantitative estimate of drug-likeness (QED) is 0.716. The van der Waals surface area contributed by atoms with Gasteiger partial charge in [0.05, 0.1) is 12.7 Å². The lowest BCUT2D eigenvalue weighted by Gasteiger charge is -2.33. The van der Waals surface area contributed by atoms with Gasteiger partial charge in [-0.3, -0.25) is 4.90 Å². The molecule has 2 heterocycles. The Morgan fingerprint density at radius 3 is 2.78 bits per heavy atom. The minimum Gasteiger partial charge on any atom is -0.508 e. The molecule has 0 spiro atoms. The van der Waals surface area contributed by atoms with Crippen LogP contribution < -0.4 is 5.63 Å². The zero-order valence-electron chi connectivity index (χ0n) is 14.9. The standard InChI is InChI=1S/C21H20FNO4/c1-13-18(24)7-6-17-15(10-20(25)27-21(13)17)11-23-8-9-26-19(12-23)14-2-4-16(22)5-3-14/h2-7,10,19,24H,8-9,11-12H2,1H3. The number of phenolic OH excluding ortho intramolecular Hbond substituents is 1. The summed E-state index contributed by atoms with van der Waals surface area (Å²) in [5.41, 5.74) is 2.32. The lowest BCUT2D eigenvalue weighted by molar-refractivity contribution is -0.0328. The van der Waals surface area contributed by atoms with Gasteiger partial charge in [-0.1, -0.05) is 12.1 Å². The number of rotatable bonds is 3. The summed E-state index contributed by atoms with van der Waals surface area (Å²) in [5.74, 6) is -0.168. The monoisotopic (exact) mass is 369 g/mol. The van der Waals surface area contributed by atoms with Gasteiger partial charge in [0, 0.05) is 36.7 Å². The van der Waals surface area contributed by atoms with Crippen LogP contribution in [0.25, 0.3) is 11.0 Å². The first-order chi connectivity index (χ1) is 13.0. The van der Waals surface area contributed by atoms with Crippen LogP contribution in [0.3, 0.4) is 0 Å². The molecule has 1 unspecified atom stereocenters. The number of hydrogen-bond donors (Lipinski definition) is 1. The summed E-state index contributed by atoms with van der Waals surface area (Å²) in [6.07, 6.45) is -0.142. The summed E-state index contributed by atoms with van der Waals surface area (Å²) in [4.78, 5) is 14.2. The van der Waals surface area contributed by atoms with Crippen molar-refractivity contribution in [2.45, 2.75) is 19.6 Å². The number of hydrogen-bond acceptors (Lipinski definition) is 5. The van der Waals surface area contributed by atoms with Crippen LogP contribution in [0.1, 0.15) is 22.8 Å². The molecular formula is C21H20FNO4. The molecule has 140 valence electrons. The number of phenols is 1. The molecule has 1 fully saturated rings. The van der Waals surface area contributed by atoms with Crippen molar-refractivity contribution in [3.8, 4) is 5.75 Å². The van der Waals surface area contributed by atoms with Crippen molar-refractivity contribution in [3.05, 3.63) is 75.4 Å². The molecular weight excluding hydrogens is 349 g/mol. The van der Waals surface area contributed by atoms with Crippen LogP contribution in [0.2, 0.25) is 0 Å². The Kier molecular flexibility index (Phi) is 4.68. The molecule has 0 radical (unpaired) electrons. The van der Waals surface area contributed by atoms with Gasteiger partial charge in [0.2, 0.25) is 0 Å². The minimum absolute atomic E-state index is 0.102. The van der Waals surface area contributed by atoms with E-state index in [1.165, 1.54) is 18.2 Å². The van der Waals surface area contributed by atoms with E-state index in [0.29, 0.717) is 30.8 Å². The largest absolute Gasteiger partial charge is 0.508 e. The zero-order chi connectivity index (χ0) is 19.0. The number of fused-ring (bicyclic) bond motifs is 1. The molecule has 3 aromatic rings. The summed E-state index contributed by atoms with van der Waals surface area (Å²) in [7, 11) is 0. The molecule has 0 saturated carbocycles. The van der Waals surface area contributed by atoms with Crippen molar-refractivity contribution in [2.24, 2.45) is 0 Å². The van der Waals surface area contributed by atoms with Crippen molar-refractivity contribution in [3.63, 3.8) is 0 Å². The summed E-state index contributed by atoms with van der Waals surface area (Å²) in [5, 5.41) is 10.7. The first kappa shape index (κ1) is 17.7. The second-order valence-electron chi connectivity index (χ2n) is 6.82. The second kappa shape index (κ2) is 7.13. The molecule has 1 aliphatic heterocycles. The molecule has 0 aliphatic carbocycles. The fraction of sp³-hybridized carbons (Fsp3) is 0.286. The van der Waals surface area contributed by atoms with E-state index in [4.69, 9.17) is 9.15 Å². The third kappa shape index (κ3) is 3.59. The van der Waals surface area contributed by atoms with Gasteiger partial charge in [-0.05, 0) is 42.3 Å². The molecule has 0 amide bonds. The highest BCUT2D eigenvalue weighted by Crippen LogP contribution is 2.29. The molecule has 5 nitrogen and oxygen atoms in total. The fourth-order valence-corrected chi connectivity index (χ4v) is 3.51. The van der Waals surface area contributed by atoms with Gasteiger partial charge in [0.1, 0.15) is 17.1 Å². The van der Waals surface area contributed by atoms with Gasteiger partial charge >= 0.3 is 5.63 Å². The normalized spacial score (nSPS) is 18.1. The van der Waals surface area contributed by atoms with Crippen molar-refractivity contribution >= 4 is 11.0 Å². The maximum atomic E-state index is 13.2. The number of halogens is 1. The van der Waals surface area contributed by atoms with E-state index in [1.54, 1.807) is 31.2 Å². The van der Waals surface area contributed by atoms with Crippen LogP contribution >= 0.6 is 0 Å². The Labute approximate surface area is 155 Å². The molecule has 1 N–H and O–H groups in total. The second-order valence-corrected chi connectivity index (χ2v) is 6.82. The van der Waals surface area contributed by atoms with Crippen LogP contribution in [-0.2, 0) is 11.3 Å². The Balaban J connectivity index is 1.61. The Hall–Kier alpha value is -2.70. The average Bonchev–Trinajstić information content (AvgIpc) is 2.66. The third-order valence-corrected chi connectivity index (χ3v) is 5.00. The van der Waals surface area contributed by atoms with Gasteiger partial charge in [-0.2, -0.15) is 0 Å². The molecule has 27 heavy (non-hydrogen) atoms. The Morgan fingerprint density at radius 1 is 1.22 bits per heavy atom. The fourth-order valence-electron chi connectivity index (χ4n) is 3.51. The SMILES string of the molecule is Cc1c(O)ccc2c(CN3CCOC(c4ccc(F)cc4)C3)cc(=O)oc12. The number of benzene rings is 2. The van der Waals surface area contributed by atoms with Crippen LogP contribution in [0.15, 0.2) is 51.7 Å². The topological polar surface area (TPSA) is 62.9 Å². The average molecular weight is 369 g/mol. The smallest absolute Gasteiger partial charge is 0.336 e. The van der Waals surface area contributed by atoms with Gasteiger partial charge in [0.25, 0.3) is 0 Å². The zero-order valence-corrected chi connectivity index (χ0v) is 14.9. The summed E-state index contributed by atoms with van der Waals surface area (Å²) in [6.45, 7) is 4.22. The lowest BCUT2D eigenvalue weighted by Crippen LogP contribution is -2.38. The summed E-state index contributed by atoms with van der Waals surface area (Å²) < 4.78 is 24.3. The van der Waals surface area contributed by atoms with Crippen LogP contribution in [0, 0.1) is 12.7 Å². The molecule has 1 saturated heterocycles. The number of ether oxygens (including phenoxy) is 1. The Bertz CT molecular complexity index is 1030. The lowest BCUT2D eigenvalue weighted by atomic mass is 10.0. The van der Waals surface area contributed by atoms with Gasteiger partial charge < -0.3 is 14.3 Å². The van der Waals surface area contributed by atoms with Crippen molar-refractivity contribution in [1.29, 1.82) is 0 Å². The predicted octanol–water partition coefficient (Wildman–Crippen LogP) is 3.52. The molecule has 0 bridgehead atoms. The van der Waals surface area contributed by atoms with Crippen molar-refractivity contribution < 1.29 is 18.7 Å². The summed E-state index contributed by atoms with van der Waals surface area (Å²) >= 11 is 0. The van der Waals surface area contributed by atoms with Crippen LogP contribution in [0.5, 0.6) is 5.75 Å². The first-order valence-corrected chi connectivity index (χ1v) is 8.86. The molecule has 4 rings (SSSR count). The van der Waals surface area contributed by atoms with E-state index < -0.39 is 5.63 Å². The van der Waals surface area contributed by atoms with Gasteiger partial charge in [0.15, 0.2) is 0 Å². The van der Waals surface area contributed by atoms with Gasteiger partial charge in [-0.25, -0.2) is 9.18 Å². The van der Waals surface area contributed by atoms with E-state index in [0.717, 1.165) is 23.1 Å². The molecule has 1 aliphatic rings. The highest BCUT2D eigenvalue weighted by atomic mass is 19.1. The molecule has 1 aromatic heterocycles. The van der Waals surface area contributed by atoms with E-state index in [9.17, 15) is 14.3 Å². The predicted molar refractivity (Wildman–Crippen MR) is 99.3 cm³/mol. The van der Waals surface area contributed by atoms with E-state index in [1.807, 2.05) is 0 Å². The number of aryl methyl sites for hydroxylation is 1. The highest BCUT2D eigenvalue weighted by Gasteiger charge is 2.23. The van der Waals surface area contributed by atoms with E-state index in [-0.39, 0.29) is 17.7 Å². The van der Waals surface area contributed by atoms with Crippen molar-refractivity contribution in [1.82, 2.24) is 4.90 Å². The molecule has 1 atom stereocenters. The molecule has 2 aromatic carbocycles. The first-order valence-electron chi connectivity index (χ1n) is 8.86. The maximum Gasteiger partial charge on any atom is 0.336 e. The maximum absolute atomic E-state index is 13.2. The van der Waals surface area contributed by atoms with Crippen LogP contribution in [-0.4, -0.2) is 29.7 Å². The molecule has 6 heteroatoms. The number of aromatic hydroxyl groups is 1. The van der Waals surface area contributed by atoms with Gasteiger partial charge in [-0.15, -0.1) is 0 Å².